The number of rotatable bonds is 9. The Morgan fingerprint density at radius 2 is 2.13 bits per heavy atom. The van der Waals surface area contributed by atoms with E-state index in [2.05, 4.69) is 27.9 Å². The molecule has 1 amide bonds. The van der Waals surface area contributed by atoms with Gasteiger partial charge < -0.3 is 14.6 Å². The van der Waals surface area contributed by atoms with Crippen LogP contribution in [0.3, 0.4) is 0 Å². The van der Waals surface area contributed by atoms with E-state index in [-0.39, 0.29) is 11.9 Å². The highest BCUT2D eigenvalue weighted by Crippen LogP contribution is 2.29. The number of esters is 1. The zero-order valence-corrected chi connectivity index (χ0v) is 19.8. The molecule has 1 atom stereocenters. The standard InChI is InChI=1S/C24H33N3O3S/c1-5-16(3)25-22(28)19-14-21(20-15-31-23(26-20)24(29)30-6-2)27(17(19)4)13-12-18-10-8-7-9-11-18/h10,14-16H,5-9,11-13H2,1-4H3,(H,25,28). The molecule has 1 N–H and O–H groups in total. The summed E-state index contributed by atoms with van der Waals surface area (Å²) >= 11 is 1.27. The number of carbonyl (C=O) groups excluding carboxylic acids is 2. The lowest BCUT2D eigenvalue weighted by molar-refractivity contribution is 0.0526. The highest BCUT2D eigenvalue weighted by molar-refractivity contribution is 7.11. The van der Waals surface area contributed by atoms with Crippen LogP contribution in [0, 0.1) is 6.92 Å². The Morgan fingerprint density at radius 1 is 1.32 bits per heavy atom. The Hall–Kier alpha value is -2.41. The van der Waals surface area contributed by atoms with Gasteiger partial charge in [-0.25, -0.2) is 9.78 Å². The van der Waals surface area contributed by atoms with Crippen LogP contribution in [0.2, 0.25) is 0 Å². The van der Waals surface area contributed by atoms with E-state index in [0.717, 1.165) is 43.6 Å². The summed E-state index contributed by atoms with van der Waals surface area (Å²) in [5, 5.41) is 5.27. The molecule has 0 spiro atoms. The van der Waals surface area contributed by atoms with E-state index in [4.69, 9.17) is 4.74 Å². The van der Waals surface area contributed by atoms with Crippen molar-refractivity contribution in [1.82, 2.24) is 14.9 Å². The van der Waals surface area contributed by atoms with Gasteiger partial charge in [0.2, 0.25) is 5.01 Å². The highest BCUT2D eigenvalue weighted by Gasteiger charge is 2.22. The third-order valence-electron chi connectivity index (χ3n) is 5.86. The molecule has 0 aliphatic heterocycles. The van der Waals surface area contributed by atoms with Gasteiger partial charge in [0.15, 0.2) is 0 Å². The summed E-state index contributed by atoms with van der Waals surface area (Å²) in [4.78, 5) is 29.5. The van der Waals surface area contributed by atoms with E-state index >= 15 is 0 Å². The lowest BCUT2D eigenvalue weighted by Crippen LogP contribution is -2.32. The monoisotopic (exact) mass is 443 g/mol. The highest BCUT2D eigenvalue weighted by atomic mass is 32.1. The zero-order valence-electron chi connectivity index (χ0n) is 19.0. The first-order valence-corrected chi connectivity index (χ1v) is 12.1. The van der Waals surface area contributed by atoms with Gasteiger partial charge in [-0.05, 0) is 65.4 Å². The lowest BCUT2D eigenvalue weighted by atomic mass is 9.97. The van der Waals surface area contributed by atoms with Crippen LogP contribution < -0.4 is 5.32 Å². The van der Waals surface area contributed by atoms with Crippen molar-refractivity contribution in [3.05, 3.63) is 39.4 Å². The normalized spacial score (nSPS) is 14.8. The molecule has 7 heteroatoms. The van der Waals surface area contributed by atoms with Gasteiger partial charge in [0.1, 0.15) is 0 Å². The second-order valence-corrected chi connectivity index (χ2v) is 8.94. The molecule has 0 bridgehead atoms. The van der Waals surface area contributed by atoms with Crippen LogP contribution in [0.5, 0.6) is 0 Å². The van der Waals surface area contributed by atoms with E-state index in [9.17, 15) is 9.59 Å². The summed E-state index contributed by atoms with van der Waals surface area (Å²) in [6.45, 7) is 8.94. The predicted molar refractivity (Wildman–Crippen MR) is 125 cm³/mol. The first-order valence-electron chi connectivity index (χ1n) is 11.3. The van der Waals surface area contributed by atoms with E-state index in [1.807, 2.05) is 25.3 Å². The van der Waals surface area contributed by atoms with Crippen molar-refractivity contribution in [2.75, 3.05) is 6.61 Å². The molecule has 0 radical (unpaired) electrons. The molecule has 2 heterocycles. The summed E-state index contributed by atoms with van der Waals surface area (Å²) in [5.74, 6) is -0.472. The second-order valence-electron chi connectivity index (χ2n) is 8.08. The molecule has 0 aromatic carbocycles. The van der Waals surface area contributed by atoms with Gasteiger partial charge >= 0.3 is 5.97 Å². The number of nitrogens with zero attached hydrogens (tertiary/aromatic N) is 2. The van der Waals surface area contributed by atoms with Crippen LogP contribution in [0.25, 0.3) is 11.4 Å². The summed E-state index contributed by atoms with van der Waals surface area (Å²) in [6, 6.07) is 2.02. The lowest BCUT2D eigenvalue weighted by Gasteiger charge is -2.16. The average molecular weight is 444 g/mol. The molecular formula is C24H33N3O3S. The maximum atomic E-state index is 12.9. The first kappa shape index (κ1) is 23.3. The minimum Gasteiger partial charge on any atom is -0.461 e. The molecule has 2 aromatic heterocycles. The van der Waals surface area contributed by atoms with E-state index in [0.29, 0.717) is 22.9 Å². The third kappa shape index (κ3) is 5.64. The Morgan fingerprint density at radius 3 is 2.81 bits per heavy atom. The number of nitrogens with one attached hydrogen (secondary N) is 1. The van der Waals surface area contributed by atoms with Crippen LogP contribution >= 0.6 is 11.3 Å². The van der Waals surface area contributed by atoms with Crippen molar-refractivity contribution < 1.29 is 14.3 Å². The molecule has 0 saturated heterocycles. The number of thiazole rings is 1. The minimum absolute atomic E-state index is 0.0652. The summed E-state index contributed by atoms with van der Waals surface area (Å²) in [7, 11) is 0. The van der Waals surface area contributed by atoms with Crippen molar-refractivity contribution >= 4 is 23.2 Å². The molecule has 0 saturated carbocycles. The largest absolute Gasteiger partial charge is 0.461 e. The smallest absolute Gasteiger partial charge is 0.367 e. The molecule has 1 aliphatic rings. The fourth-order valence-corrected chi connectivity index (χ4v) is 4.55. The maximum absolute atomic E-state index is 12.9. The van der Waals surface area contributed by atoms with Crippen molar-refractivity contribution in [2.45, 2.75) is 78.8 Å². The fraction of sp³-hybridized carbons (Fsp3) is 0.542. The van der Waals surface area contributed by atoms with Crippen molar-refractivity contribution in [3.63, 3.8) is 0 Å². The van der Waals surface area contributed by atoms with Crippen LogP contribution in [0.1, 0.15) is 85.2 Å². The number of amides is 1. The fourth-order valence-electron chi connectivity index (χ4n) is 3.84. The Balaban J connectivity index is 1.93. The van der Waals surface area contributed by atoms with Gasteiger partial charge in [0.05, 0.1) is 23.6 Å². The molecule has 31 heavy (non-hydrogen) atoms. The molecule has 3 rings (SSSR count). The van der Waals surface area contributed by atoms with Crippen molar-refractivity contribution in [2.24, 2.45) is 0 Å². The summed E-state index contributed by atoms with van der Waals surface area (Å²) in [5.41, 5.74) is 4.66. The molecule has 168 valence electrons. The minimum atomic E-state index is -0.407. The van der Waals surface area contributed by atoms with E-state index in [1.54, 1.807) is 6.92 Å². The van der Waals surface area contributed by atoms with Gasteiger partial charge in [-0.1, -0.05) is 18.6 Å². The number of aromatic nitrogens is 2. The third-order valence-corrected chi connectivity index (χ3v) is 6.68. The molecule has 0 fully saturated rings. The first-order chi connectivity index (χ1) is 14.9. The summed E-state index contributed by atoms with van der Waals surface area (Å²) < 4.78 is 7.26. The van der Waals surface area contributed by atoms with Gasteiger partial charge in [0, 0.05) is 23.7 Å². The van der Waals surface area contributed by atoms with Crippen LogP contribution in [0.4, 0.5) is 0 Å². The van der Waals surface area contributed by atoms with Crippen LogP contribution in [0.15, 0.2) is 23.1 Å². The van der Waals surface area contributed by atoms with Gasteiger partial charge in [-0.2, -0.15) is 0 Å². The maximum Gasteiger partial charge on any atom is 0.367 e. The van der Waals surface area contributed by atoms with Crippen LogP contribution in [-0.4, -0.2) is 34.1 Å². The number of ether oxygens (including phenoxy) is 1. The van der Waals surface area contributed by atoms with Gasteiger partial charge in [0.25, 0.3) is 5.91 Å². The Labute approximate surface area is 188 Å². The van der Waals surface area contributed by atoms with Gasteiger partial charge in [-0.15, -0.1) is 11.3 Å². The van der Waals surface area contributed by atoms with Crippen molar-refractivity contribution in [1.29, 1.82) is 0 Å². The van der Waals surface area contributed by atoms with Crippen LogP contribution in [-0.2, 0) is 11.3 Å². The van der Waals surface area contributed by atoms with E-state index in [1.165, 1.54) is 29.8 Å². The topological polar surface area (TPSA) is 73.2 Å². The Bertz CT molecular complexity index is 957. The zero-order chi connectivity index (χ0) is 22.4. The SMILES string of the molecule is CCOC(=O)c1nc(-c2cc(C(=O)NC(C)CC)c(C)n2CCC2=CCCCC2)cs1. The molecule has 1 unspecified atom stereocenters. The van der Waals surface area contributed by atoms with E-state index < -0.39 is 5.97 Å². The average Bonchev–Trinajstić information content (AvgIpc) is 3.38. The number of hydrogen-bond acceptors (Lipinski definition) is 5. The number of hydrogen-bond donors (Lipinski definition) is 1. The predicted octanol–water partition coefficient (Wildman–Crippen LogP) is 5.52. The van der Waals surface area contributed by atoms with Gasteiger partial charge in [-0.3, -0.25) is 4.79 Å². The summed E-state index contributed by atoms with van der Waals surface area (Å²) in [6.07, 6.45) is 9.03. The molecule has 2 aromatic rings. The number of allylic oxidation sites excluding steroid dienone is 2. The molecule has 1 aliphatic carbocycles. The Kier molecular flexibility index (Phi) is 8.07. The molecule has 6 nitrogen and oxygen atoms in total. The number of carbonyl (C=O) groups is 2. The van der Waals surface area contributed by atoms with Crippen molar-refractivity contribution in [3.8, 4) is 11.4 Å². The second kappa shape index (κ2) is 10.8. The quantitative estimate of drug-likeness (QED) is 0.409. The molecular weight excluding hydrogens is 410 g/mol.